The minimum absolute atomic E-state index is 0.0849. The summed E-state index contributed by atoms with van der Waals surface area (Å²) >= 11 is 1.59. The number of carbonyl (C=O) groups excluding carboxylic acids is 3. The Morgan fingerprint density at radius 1 is 1.22 bits per heavy atom. The highest BCUT2D eigenvalue weighted by molar-refractivity contribution is 7.13. The van der Waals surface area contributed by atoms with E-state index in [0.29, 0.717) is 13.0 Å². The number of thiazole rings is 1. The molecule has 3 atom stereocenters. The Kier molecular flexibility index (Phi) is 7.80. The van der Waals surface area contributed by atoms with Crippen molar-refractivity contribution >= 4 is 29.1 Å². The molecule has 9 heteroatoms. The van der Waals surface area contributed by atoms with E-state index in [1.807, 2.05) is 57.5 Å². The summed E-state index contributed by atoms with van der Waals surface area (Å²) in [4.78, 5) is 46.1. The van der Waals surface area contributed by atoms with Crippen LogP contribution in [0.2, 0.25) is 0 Å². The third kappa shape index (κ3) is 5.95. The van der Waals surface area contributed by atoms with Crippen molar-refractivity contribution in [3.63, 3.8) is 0 Å². The number of β-amino-alcohol motifs (C(OH)–C–C–N with tert-alkyl or cyclic N) is 1. The van der Waals surface area contributed by atoms with Crippen LogP contribution in [0.15, 0.2) is 29.8 Å². The molecule has 2 aliphatic rings. The van der Waals surface area contributed by atoms with Crippen LogP contribution < -0.4 is 10.6 Å². The molecule has 2 heterocycles. The number of aryl methyl sites for hydroxylation is 1. The zero-order valence-corrected chi connectivity index (χ0v) is 22.2. The Morgan fingerprint density at radius 3 is 2.50 bits per heavy atom. The molecular weight excluding hydrogens is 476 g/mol. The van der Waals surface area contributed by atoms with Crippen LogP contribution in [-0.2, 0) is 20.9 Å². The van der Waals surface area contributed by atoms with Gasteiger partial charge in [-0.3, -0.25) is 14.4 Å². The second-order valence-corrected chi connectivity index (χ2v) is 11.6. The summed E-state index contributed by atoms with van der Waals surface area (Å²) in [6.45, 7) is 8.28. The molecule has 3 N–H and O–H groups in total. The first kappa shape index (κ1) is 26.3. The number of carbonyl (C=O) groups is 3. The van der Waals surface area contributed by atoms with Crippen molar-refractivity contribution in [3.05, 3.63) is 41.0 Å². The van der Waals surface area contributed by atoms with Crippen LogP contribution in [0.1, 0.15) is 57.7 Å². The molecule has 3 unspecified atom stereocenters. The summed E-state index contributed by atoms with van der Waals surface area (Å²) < 4.78 is 0. The van der Waals surface area contributed by atoms with Crippen LogP contribution in [0.5, 0.6) is 0 Å². The standard InChI is InChI=1S/C27H36N4O4S/c1-16(2)11-21(30-26(35)27(4)9-10-27)25(34)31-14-20(32)12-22(31)24(33)28-13-18-5-7-19(8-6-18)23-17(3)29-15-36-23/h5-8,15-16,20-22,32H,9-14H2,1-4H3,(H,28,33)(H,30,35). The molecule has 2 fully saturated rings. The molecule has 8 nitrogen and oxygen atoms in total. The summed E-state index contributed by atoms with van der Waals surface area (Å²) in [5, 5.41) is 16.2. The van der Waals surface area contributed by atoms with Crippen LogP contribution in [-0.4, -0.2) is 57.4 Å². The number of hydrogen-bond acceptors (Lipinski definition) is 6. The lowest BCUT2D eigenvalue weighted by Crippen LogP contribution is -2.54. The van der Waals surface area contributed by atoms with Crippen molar-refractivity contribution in [3.8, 4) is 10.4 Å². The lowest BCUT2D eigenvalue weighted by molar-refractivity contribution is -0.142. The molecule has 36 heavy (non-hydrogen) atoms. The van der Waals surface area contributed by atoms with Crippen LogP contribution in [0.25, 0.3) is 10.4 Å². The van der Waals surface area contributed by atoms with E-state index in [0.717, 1.165) is 34.5 Å². The number of benzene rings is 1. The predicted molar refractivity (Wildman–Crippen MR) is 139 cm³/mol. The van der Waals surface area contributed by atoms with Crippen molar-refractivity contribution in [1.29, 1.82) is 0 Å². The monoisotopic (exact) mass is 512 g/mol. The topological polar surface area (TPSA) is 112 Å². The summed E-state index contributed by atoms with van der Waals surface area (Å²) in [5.41, 5.74) is 4.44. The van der Waals surface area contributed by atoms with E-state index in [9.17, 15) is 19.5 Å². The van der Waals surface area contributed by atoms with Gasteiger partial charge in [0.2, 0.25) is 17.7 Å². The lowest BCUT2D eigenvalue weighted by Gasteiger charge is -2.30. The highest BCUT2D eigenvalue weighted by Crippen LogP contribution is 2.45. The van der Waals surface area contributed by atoms with E-state index in [-0.39, 0.29) is 36.6 Å². The van der Waals surface area contributed by atoms with Crippen molar-refractivity contribution in [2.24, 2.45) is 11.3 Å². The highest BCUT2D eigenvalue weighted by Gasteiger charge is 2.47. The number of likely N-dealkylation sites (tertiary alicyclic amines) is 1. The lowest BCUT2D eigenvalue weighted by atomic mass is 10.0. The Morgan fingerprint density at radius 2 is 1.92 bits per heavy atom. The largest absolute Gasteiger partial charge is 0.391 e. The molecule has 2 aromatic rings. The van der Waals surface area contributed by atoms with Gasteiger partial charge in [-0.15, -0.1) is 11.3 Å². The molecule has 0 spiro atoms. The number of aliphatic hydroxyl groups is 1. The van der Waals surface area contributed by atoms with Gasteiger partial charge in [0.15, 0.2) is 0 Å². The maximum atomic E-state index is 13.5. The van der Waals surface area contributed by atoms with Gasteiger partial charge in [0.1, 0.15) is 12.1 Å². The zero-order valence-electron chi connectivity index (χ0n) is 21.4. The van der Waals surface area contributed by atoms with Gasteiger partial charge in [-0.25, -0.2) is 4.98 Å². The molecule has 1 aliphatic carbocycles. The fourth-order valence-electron chi connectivity index (χ4n) is 4.61. The normalized spacial score (nSPS) is 21.3. The average molecular weight is 513 g/mol. The number of aliphatic hydroxyl groups excluding tert-OH is 1. The molecule has 1 aromatic carbocycles. The van der Waals surface area contributed by atoms with E-state index in [2.05, 4.69) is 15.6 Å². The number of aromatic nitrogens is 1. The van der Waals surface area contributed by atoms with Crippen molar-refractivity contribution in [2.75, 3.05) is 6.54 Å². The molecule has 1 saturated heterocycles. The summed E-state index contributed by atoms with van der Waals surface area (Å²) in [6.07, 6.45) is 1.52. The first-order valence-electron chi connectivity index (χ1n) is 12.6. The molecule has 4 rings (SSSR count). The van der Waals surface area contributed by atoms with Crippen molar-refractivity contribution in [1.82, 2.24) is 20.5 Å². The van der Waals surface area contributed by atoms with Gasteiger partial charge in [0.05, 0.1) is 22.2 Å². The predicted octanol–water partition coefficient (Wildman–Crippen LogP) is 3.03. The van der Waals surface area contributed by atoms with E-state index < -0.39 is 23.6 Å². The quantitative estimate of drug-likeness (QED) is 0.478. The molecule has 0 radical (unpaired) electrons. The number of nitrogens with zero attached hydrogens (tertiary/aromatic N) is 2. The van der Waals surface area contributed by atoms with Crippen molar-refractivity contribution < 1.29 is 19.5 Å². The Labute approximate surface area is 216 Å². The fraction of sp³-hybridized carbons (Fsp3) is 0.556. The molecule has 1 aliphatic heterocycles. The molecule has 1 saturated carbocycles. The van der Waals surface area contributed by atoms with Gasteiger partial charge in [-0.1, -0.05) is 45.0 Å². The van der Waals surface area contributed by atoms with Gasteiger partial charge in [0.25, 0.3) is 0 Å². The third-order valence-corrected chi connectivity index (χ3v) is 8.13. The van der Waals surface area contributed by atoms with E-state index >= 15 is 0 Å². The van der Waals surface area contributed by atoms with E-state index in [1.54, 1.807) is 11.3 Å². The van der Waals surface area contributed by atoms with Gasteiger partial charge < -0.3 is 20.6 Å². The van der Waals surface area contributed by atoms with Gasteiger partial charge in [-0.2, -0.15) is 0 Å². The average Bonchev–Trinajstić information content (AvgIpc) is 3.26. The number of nitrogens with one attached hydrogen (secondary N) is 2. The Hall–Kier alpha value is -2.78. The van der Waals surface area contributed by atoms with Gasteiger partial charge in [-0.05, 0) is 43.2 Å². The van der Waals surface area contributed by atoms with Gasteiger partial charge >= 0.3 is 0 Å². The van der Waals surface area contributed by atoms with Gasteiger partial charge in [0, 0.05) is 24.9 Å². The SMILES string of the molecule is Cc1ncsc1-c1ccc(CNC(=O)C2CC(O)CN2C(=O)C(CC(C)C)NC(=O)C2(C)CC2)cc1. The second-order valence-electron chi connectivity index (χ2n) is 10.8. The van der Waals surface area contributed by atoms with E-state index in [1.165, 1.54) is 4.90 Å². The molecule has 3 amide bonds. The highest BCUT2D eigenvalue weighted by atomic mass is 32.1. The smallest absolute Gasteiger partial charge is 0.245 e. The minimum atomic E-state index is -0.775. The summed E-state index contributed by atoms with van der Waals surface area (Å²) in [5.74, 6) is -0.532. The molecule has 194 valence electrons. The van der Waals surface area contributed by atoms with Crippen LogP contribution in [0.3, 0.4) is 0 Å². The van der Waals surface area contributed by atoms with Crippen LogP contribution in [0.4, 0.5) is 0 Å². The second kappa shape index (κ2) is 10.7. The summed E-state index contributed by atoms with van der Waals surface area (Å²) in [6, 6.07) is 6.47. The number of hydrogen-bond donors (Lipinski definition) is 3. The summed E-state index contributed by atoms with van der Waals surface area (Å²) in [7, 11) is 0. The molecule has 1 aromatic heterocycles. The third-order valence-electron chi connectivity index (χ3n) is 7.15. The number of rotatable bonds is 9. The first-order chi connectivity index (χ1) is 17.1. The maximum absolute atomic E-state index is 13.5. The Bertz CT molecular complexity index is 1110. The number of amides is 3. The minimum Gasteiger partial charge on any atom is -0.391 e. The zero-order chi connectivity index (χ0) is 26.0. The van der Waals surface area contributed by atoms with Crippen molar-refractivity contribution in [2.45, 2.75) is 78.1 Å². The van der Waals surface area contributed by atoms with Crippen LogP contribution in [0, 0.1) is 18.3 Å². The van der Waals surface area contributed by atoms with E-state index in [4.69, 9.17) is 0 Å². The molecule has 0 bridgehead atoms. The fourth-order valence-corrected chi connectivity index (χ4v) is 5.42. The first-order valence-corrected chi connectivity index (χ1v) is 13.5. The van der Waals surface area contributed by atoms with Crippen LogP contribution >= 0.6 is 11.3 Å². The Balaban J connectivity index is 1.40. The maximum Gasteiger partial charge on any atom is 0.245 e. The molecular formula is C27H36N4O4S.